The van der Waals surface area contributed by atoms with Crippen LogP contribution in [-0.2, 0) is 6.42 Å². The van der Waals surface area contributed by atoms with E-state index in [2.05, 4.69) is 42.2 Å². The predicted molar refractivity (Wildman–Crippen MR) is 61.4 cm³/mol. The summed E-state index contributed by atoms with van der Waals surface area (Å²) >= 11 is 5.57. The summed E-state index contributed by atoms with van der Waals surface area (Å²) in [6.07, 6.45) is 6.11. The minimum Gasteiger partial charge on any atom is -0.126 e. The number of fused-ring (bicyclic) bond motifs is 1. The minimum absolute atomic E-state index is 0.611. The van der Waals surface area contributed by atoms with Crippen molar-refractivity contribution >= 4 is 17.7 Å². The first-order valence-electron chi connectivity index (χ1n) is 4.75. The second kappa shape index (κ2) is 4.35. The molecule has 0 nitrogen and oxygen atoms in total. The molecule has 1 heteroatoms. The first-order valence-corrected chi connectivity index (χ1v) is 5.28. The number of benzene rings is 1. The third kappa shape index (κ3) is 1.84. The third-order valence-electron chi connectivity index (χ3n) is 2.27. The molecule has 0 bridgehead atoms. The Labute approximate surface area is 89.6 Å². The summed E-state index contributed by atoms with van der Waals surface area (Å²) < 4.78 is 0. The Kier molecular flexibility index (Phi) is 2.91. The quantitative estimate of drug-likeness (QED) is 0.485. The molecule has 0 saturated carbocycles. The van der Waals surface area contributed by atoms with Gasteiger partial charge in [0.15, 0.2) is 0 Å². The van der Waals surface area contributed by atoms with Crippen LogP contribution in [0.4, 0.5) is 0 Å². The molecular formula is C13H11Cl. The second-order valence-electron chi connectivity index (χ2n) is 3.22. The maximum atomic E-state index is 5.57. The smallest absolute Gasteiger partial charge is 0.0333 e. The molecule has 1 aromatic rings. The first-order chi connectivity index (χ1) is 6.92. The summed E-state index contributed by atoms with van der Waals surface area (Å²) in [4.78, 5) is 0. The Hall–Kier alpha value is -1.19. The van der Waals surface area contributed by atoms with Gasteiger partial charge in [-0.3, -0.25) is 0 Å². The lowest BCUT2D eigenvalue weighted by molar-refractivity contribution is 1.27. The van der Waals surface area contributed by atoms with Crippen molar-refractivity contribution in [3.8, 4) is 11.8 Å². The van der Waals surface area contributed by atoms with Gasteiger partial charge in [-0.15, -0.1) is 11.6 Å². The lowest BCUT2D eigenvalue weighted by atomic mass is 10.0. The van der Waals surface area contributed by atoms with Gasteiger partial charge in [-0.05, 0) is 23.6 Å². The van der Waals surface area contributed by atoms with Gasteiger partial charge >= 0.3 is 0 Å². The molecule has 0 saturated heterocycles. The van der Waals surface area contributed by atoms with Crippen LogP contribution in [0.25, 0.3) is 6.08 Å². The number of allylic oxidation sites excluding steroid dienone is 1. The minimum atomic E-state index is 0.611. The summed E-state index contributed by atoms with van der Waals surface area (Å²) in [6, 6.07) is 6.26. The fraction of sp³-hybridized carbons (Fsp3) is 0.231. The van der Waals surface area contributed by atoms with Crippen molar-refractivity contribution in [3.63, 3.8) is 0 Å². The largest absolute Gasteiger partial charge is 0.126 e. The molecule has 1 aliphatic rings. The zero-order valence-corrected chi connectivity index (χ0v) is 8.64. The summed E-state index contributed by atoms with van der Waals surface area (Å²) in [5, 5.41) is 0. The molecule has 0 amide bonds. The Morgan fingerprint density at radius 1 is 1.36 bits per heavy atom. The third-order valence-corrected chi connectivity index (χ3v) is 2.46. The monoisotopic (exact) mass is 202 g/mol. The second-order valence-corrected chi connectivity index (χ2v) is 3.60. The van der Waals surface area contributed by atoms with Crippen molar-refractivity contribution in [1.82, 2.24) is 0 Å². The molecule has 14 heavy (non-hydrogen) atoms. The molecule has 0 aromatic heterocycles. The van der Waals surface area contributed by atoms with Crippen LogP contribution < -0.4 is 0 Å². The summed E-state index contributed by atoms with van der Waals surface area (Å²) in [5.41, 5.74) is 3.81. The average Bonchev–Trinajstić information content (AvgIpc) is 2.67. The van der Waals surface area contributed by atoms with Crippen LogP contribution in [0.5, 0.6) is 0 Å². The van der Waals surface area contributed by atoms with Crippen molar-refractivity contribution in [2.24, 2.45) is 0 Å². The Morgan fingerprint density at radius 3 is 3.14 bits per heavy atom. The fourth-order valence-corrected chi connectivity index (χ4v) is 1.71. The van der Waals surface area contributed by atoms with E-state index in [-0.39, 0.29) is 0 Å². The van der Waals surface area contributed by atoms with E-state index < -0.39 is 0 Å². The normalized spacial score (nSPS) is 12.1. The molecule has 70 valence electrons. The van der Waals surface area contributed by atoms with E-state index in [1.165, 1.54) is 11.1 Å². The summed E-state index contributed by atoms with van der Waals surface area (Å²) in [6.45, 7) is 0. The lowest BCUT2D eigenvalue weighted by Crippen LogP contribution is -1.87. The average molecular weight is 203 g/mol. The Morgan fingerprint density at radius 2 is 2.29 bits per heavy atom. The molecule has 0 N–H and O–H groups in total. The van der Waals surface area contributed by atoms with Crippen molar-refractivity contribution in [1.29, 1.82) is 0 Å². The molecule has 0 fully saturated rings. The van der Waals surface area contributed by atoms with E-state index >= 15 is 0 Å². The van der Waals surface area contributed by atoms with Crippen LogP contribution >= 0.6 is 11.6 Å². The van der Waals surface area contributed by atoms with Crippen LogP contribution in [0, 0.1) is 11.8 Å². The molecule has 1 aliphatic carbocycles. The number of halogens is 1. The van der Waals surface area contributed by atoms with E-state index in [0.717, 1.165) is 18.4 Å². The van der Waals surface area contributed by atoms with Gasteiger partial charge in [0.05, 0.1) is 0 Å². The van der Waals surface area contributed by atoms with Crippen LogP contribution in [0.3, 0.4) is 0 Å². The van der Waals surface area contributed by atoms with Gasteiger partial charge in [0.1, 0.15) is 0 Å². The molecule has 0 unspecified atom stereocenters. The molecule has 0 heterocycles. The first kappa shape index (κ1) is 9.37. The van der Waals surface area contributed by atoms with Gasteiger partial charge in [-0.2, -0.15) is 0 Å². The van der Waals surface area contributed by atoms with E-state index in [1.54, 1.807) is 0 Å². The maximum Gasteiger partial charge on any atom is 0.0333 e. The molecule has 0 radical (unpaired) electrons. The van der Waals surface area contributed by atoms with Crippen LogP contribution in [0.15, 0.2) is 24.3 Å². The van der Waals surface area contributed by atoms with Gasteiger partial charge in [0, 0.05) is 17.9 Å². The fourth-order valence-electron chi connectivity index (χ4n) is 1.61. The predicted octanol–water partition coefficient (Wildman–Crippen LogP) is 3.24. The Balaban J connectivity index is 2.29. The van der Waals surface area contributed by atoms with Crippen LogP contribution in [0.1, 0.15) is 23.1 Å². The molecule has 0 aliphatic heterocycles. The van der Waals surface area contributed by atoms with Gasteiger partial charge in [0.25, 0.3) is 0 Å². The molecule has 0 spiro atoms. The summed E-state index contributed by atoms with van der Waals surface area (Å²) in [7, 11) is 0. The molecule has 0 atom stereocenters. The number of hydrogen-bond donors (Lipinski definition) is 0. The van der Waals surface area contributed by atoms with Crippen molar-refractivity contribution in [2.45, 2.75) is 12.8 Å². The van der Waals surface area contributed by atoms with E-state index in [4.69, 9.17) is 11.6 Å². The highest BCUT2D eigenvalue weighted by molar-refractivity contribution is 6.18. The van der Waals surface area contributed by atoms with Crippen molar-refractivity contribution in [2.75, 3.05) is 5.88 Å². The zero-order valence-electron chi connectivity index (χ0n) is 7.89. The SMILES string of the molecule is ClCCC#Cc1cccc2c1CC=C2. The zero-order chi connectivity index (χ0) is 9.80. The van der Waals surface area contributed by atoms with Crippen molar-refractivity contribution in [3.05, 3.63) is 41.0 Å². The maximum absolute atomic E-state index is 5.57. The number of alkyl halides is 1. The number of hydrogen-bond acceptors (Lipinski definition) is 0. The standard InChI is InChI=1S/C13H11Cl/c14-10-2-1-5-11-6-3-7-12-8-4-9-13(11)12/h3-4,6-8H,2,9-10H2. The van der Waals surface area contributed by atoms with Crippen LogP contribution in [0.2, 0.25) is 0 Å². The lowest BCUT2D eigenvalue weighted by Gasteiger charge is -2.00. The highest BCUT2D eigenvalue weighted by Crippen LogP contribution is 2.22. The van der Waals surface area contributed by atoms with Gasteiger partial charge in [-0.25, -0.2) is 0 Å². The highest BCUT2D eigenvalue weighted by Gasteiger charge is 2.07. The van der Waals surface area contributed by atoms with Gasteiger partial charge < -0.3 is 0 Å². The molecular weight excluding hydrogens is 192 g/mol. The topological polar surface area (TPSA) is 0 Å². The Bertz CT molecular complexity index is 419. The van der Waals surface area contributed by atoms with Gasteiger partial charge in [-0.1, -0.05) is 36.1 Å². The number of rotatable bonds is 1. The van der Waals surface area contributed by atoms with Crippen LogP contribution in [-0.4, -0.2) is 5.88 Å². The molecule has 2 rings (SSSR count). The highest BCUT2D eigenvalue weighted by atomic mass is 35.5. The van der Waals surface area contributed by atoms with Gasteiger partial charge in [0.2, 0.25) is 0 Å². The van der Waals surface area contributed by atoms with E-state index in [9.17, 15) is 0 Å². The van der Waals surface area contributed by atoms with Crippen molar-refractivity contribution < 1.29 is 0 Å². The van der Waals surface area contributed by atoms with E-state index in [1.807, 2.05) is 0 Å². The summed E-state index contributed by atoms with van der Waals surface area (Å²) in [5.74, 6) is 6.85. The van der Waals surface area contributed by atoms with E-state index in [0.29, 0.717) is 5.88 Å². The molecule has 1 aromatic carbocycles.